The van der Waals surface area contributed by atoms with Gasteiger partial charge in [0.15, 0.2) is 5.15 Å². The van der Waals surface area contributed by atoms with Crippen LogP contribution in [0.25, 0.3) is 0 Å². The van der Waals surface area contributed by atoms with Gasteiger partial charge in [0.2, 0.25) is 5.88 Å². The van der Waals surface area contributed by atoms with Crippen LogP contribution >= 0.6 is 27.5 Å². The fourth-order valence-electron chi connectivity index (χ4n) is 1.11. The van der Waals surface area contributed by atoms with Gasteiger partial charge in [-0.1, -0.05) is 11.6 Å². The number of nitriles is 1. The molecule has 0 N–H and O–H groups in total. The van der Waals surface area contributed by atoms with Gasteiger partial charge in [0.05, 0.1) is 11.6 Å². The summed E-state index contributed by atoms with van der Waals surface area (Å²) in [4.78, 5) is 7.74. The second-order valence-corrected chi connectivity index (χ2v) is 4.17. The van der Waals surface area contributed by atoms with Crippen molar-refractivity contribution in [2.45, 2.75) is 0 Å². The lowest BCUT2D eigenvalue weighted by Crippen LogP contribution is -1.91. The van der Waals surface area contributed by atoms with Crippen molar-refractivity contribution in [3.05, 3.63) is 45.8 Å². The van der Waals surface area contributed by atoms with E-state index in [1.807, 2.05) is 6.07 Å². The lowest BCUT2D eigenvalue weighted by molar-refractivity contribution is 0.458. The van der Waals surface area contributed by atoms with Crippen LogP contribution < -0.4 is 4.74 Å². The smallest absolute Gasteiger partial charge is 0.238 e. The summed E-state index contributed by atoms with van der Waals surface area (Å²) in [5.74, 6) is 0.897. The molecule has 0 aliphatic rings. The molecule has 84 valence electrons. The van der Waals surface area contributed by atoms with E-state index in [1.54, 1.807) is 24.3 Å². The average molecular weight is 311 g/mol. The van der Waals surface area contributed by atoms with Gasteiger partial charge in [0.1, 0.15) is 16.5 Å². The summed E-state index contributed by atoms with van der Waals surface area (Å²) in [6.45, 7) is 0. The summed E-state index contributed by atoms with van der Waals surface area (Å²) >= 11 is 9.04. The van der Waals surface area contributed by atoms with Crippen LogP contribution in [0.2, 0.25) is 5.15 Å². The van der Waals surface area contributed by atoms with E-state index in [4.69, 9.17) is 21.6 Å². The first-order valence-corrected chi connectivity index (χ1v) is 5.72. The van der Waals surface area contributed by atoms with E-state index < -0.39 is 0 Å². The molecule has 0 bridgehead atoms. The lowest BCUT2D eigenvalue weighted by Gasteiger charge is -2.06. The highest BCUT2D eigenvalue weighted by molar-refractivity contribution is 9.10. The number of nitrogens with zero attached hydrogens (tertiary/aromatic N) is 3. The van der Waals surface area contributed by atoms with Crippen molar-refractivity contribution < 1.29 is 4.74 Å². The summed E-state index contributed by atoms with van der Waals surface area (Å²) in [7, 11) is 0. The normalized spacial score (nSPS) is 9.71. The standard InChI is InChI=1S/C11H5BrClN3O/c12-9-10(13)15-6-16-11(9)17-8-3-1-7(5-14)2-4-8/h1-4,6H. The van der Waals surface area contributed by atoms with Crippen molar-refractivity contribution in [2.24, 2.45) is 0 Å². The Morgan fingerprint density at radius 1 is 1.24 bits per heavy atom. The summed E-state index contributed by atoms with van der Waals surface area (Å²) in [6, 6.07) is 8.71. The van der Waals surface area contributed by atoms with Gasteiger partial charge in [-0.05, 0) is 40.2 Å². The molecule has 4 nitrogen and oxygen atoms in total. The maximum absolute atomic E-state index is 8.66. The molecule has 6 heteroatoms. The lowest BCUT2D eigenvalue weighted by atomic mass is 10.2. The molecule has 1 heterocycles. The van der Waals surface area contributed by atoms with Crippen molar-refractivity contribution in [1.82, 2.24) is 9.97 Å². The van der Waals surface area contributed by atoms with Gasteiger partial charge in [-0.25, -0.2) is 9.97 Å². The number of benzene rings is 1. The summed E-state index contributed by atoms with van der Waals surface area (Å²) in [5, 5.41) is 8.94. The monoisotopic (exact) mass is 309 g/mol. The average Bonchev–Trinajstić information content (AvgIpc) is 2.36. The largest absolute Gasteiger partial charge is 0.438 e. The molecule has 0 spiro atoms. The van der Waals surface area contributed by atoms with Gasteiger partial charge in [-0.15, -0.1) is 0 Å². The minimum absolute atomic E-state index is 0.281. The molecule has 1 aromatic heterocycles. The molecule has 0 radical (unpaired) electrons. The summed E-state index contributed by atoms with van der Waals surface area (Å²) in [6.07, 6.45) is 1.31. The van der Waals surface area contributed by atoms with E-state index in [0.717, 1.165) is 0 Å². The molecule has 0 aliphatic heterocycles. The van der Waals surface area contributed by atoms with Crippen LogP contribution in [0.4, 0.5) is 0 Å². The molecule has 2 rings (SSSR count). The molecular weight excluding hydrogens is 305 g/mol. The number of rotatable bonds is 2. The maximum Gasteiger partial charge on any atom is 0.238 e. The molecule has 1 aromatic carbocycles. The summed E-state index contributed by atoms with van der Waals surface area (Å²) < 4.78 is 5.99. The van der Waals surface area contributed by atoms with Gasteiger partial charge in [-0.3, -0.25) is 0 Å². The molecule has 0 saturated carbocycles. The second-order valence-electron chi connectivity index (χ2n) is 3.02. The van der Waals surface area contributed by atoms with Crippen molar-refractivity contribution in [3.63, 3.8) is 0 Å². The molecule has 0 fully saturated rings. The second kappa shape index (κ2) is 5.13. The quantitative estimate of drug-likeness (QED) is 0.796. The fraction of sp³-hybridized carbons (Fsp3) is 0. The minimum atomic E-state index is 0.281. The number of ether oxygens (including phenoxy) is 1. The van der Waals surface area contributed by atoms with E-state index >= 15 is 0 Å². The Bertz CT molecular complexity index is 580. The van der Waals surface area contributed by atoms with Gasteiger partial charge < -0.3 is 4.74 Å². The Morgan fingerprint density at radius 2 is 1.94 bits per heavy atom. The third-order valence-corrected chi connectivity index (χ3v) is 3.14. The number of halogens is 2. The van der Waals surface area contributed by atoms with Gasteiger partial charge in [0.25, 0.3) is 0 Å². The molecule has 0 amide bonds. The van der Waals surface area contributed by atoms with Gasteiger partial charge >= 0.3 is 0 Å². The van der Waals surface area contributed by atoms with Crippen molar-refractivity contribution >= 4 is 27.5 Å². The van der Waals surface area contributed by atoms with Crippen molar-refractivity contribution in [3.8, 4) is 17.7 Å². The fourth-order valence-corrected chi connectivity index (χ4v) is 1.52. The van der Waals surface area contributed by atoms with E-state index in [1.165, 1.54) is 6.33 Å². The molecule has 0 saturated heterocycles. The first kappa shape index (κ1) is 11.8. The maximum atomic E-state index is 8.66. The molecular formula is C11H5BrClN3O. The van der Waals surface area contributed by atoms with Crippen LogP contribution in [0.1, 0.15) is 5.56 Å². The first-order chi connectivity index (χ1) is 8.20. The van der Waals surface area contributed by atoms with Crippen molar-refractivity contribution in [1.29, 1.82) is 5.26 Å². The van der Waals surface area contributed by atoms with Gasteiger partial charge in [-0.2, -0.15) is 5.26 Å². The van der Waals surface area contributed by atoms with E-state index in [-0.39, 0.29) is 5.15 Å². The third kappa shape index (κ3) is 2.73. The van der Waals surface area contributed by atoms with E-state index in [0.29, 0.717) is 21.7 Å². The van der Waals surface area contributed by atoms with Crippen LogP contribution in [-0.4, -0.2) is 9.97 Å². The van der Waals surface area contributed by atoms with Crippen LogP contribution in [0.15, 0.2) is 35.1 Å². The predicted octanol–water partition coefficient (Wildman–Crippen LogP) is 3.56. The van der Waals surface area contributed by atoms with Crippen LogP contribution in [0, 0.1) is 11.3 Å². The Morgan fingerprint density at radius 3 is 2.59 bits per heavy atom. The Kier molecular flexibility index (Phi) is 3.57. The molecule has 0 aliphatic carbocycles. The molecule has 17 heavy (non-hydrogen) atoms. The first-order valence-electron chi connectivity index (χ1n) is 4.54. The molecule has 2 aromatic rings. The molecule has 0 atom stereocenters. The number of hydrogen-bond acceptors (Lipinski definition) is 4. The zero-order valence-electron chi connectivity index (χ0n) is 8.39. The number of aromatic nitrogens is 2. The van der Waals surface area contributed by atoms with E-state index in [2.05, 4.69) is 25.9 Å². The topological polar surface area (TPSA) is 58.8 Å². The summed E-state index contributed by atoms with van der Waals surface area (Å²) in [5.41, 5.74) is 0.567. The third-order valence-electron chi connectivity index (χ3n) is 1.91. The van der Waals surface area contributed by atoms with Crippen LogP contribution in [0.3, 0.4) is 0 Å². The SMILES string of the molecule is N#Cc1ccc(Oc2ncnc(Cl)c2Br)cc1. The molecule has 0 unspecified atom stereocenters. The predicted molar refractivity (Wildman–Crippen MR) is 66.0 cm³/mol. The Balaban J connectivity index is 2.26. The zero-order valence-corrected chi connectivity index (χ0v) is 10.7. The van der Waals surface area contributed by atoms with Crippen LogP contribution in [0.5, 0.6) is 11.6 Å². The number of hydrogen-bond donors (Lipinski definition) is 0. The highest BCUT2D eigenvalue weighted by atomic mass is 79.9. The van der Waals surface area contributed by atoms with E-state index in [9.17, 15) is 0 Å². The minimum Gasteiger partial charge on any atom is -0.438 e. The van der Waals surface area contributed by atoms with Crippen LogP contribution in [-0.2, 0) is 0 Å². The van der Waals surface area contributed by atoms with Crippen molar-refractivity contribution in [2.75, 3.05) is 0 Å². The highest BCUT2D eigenvalue weighted by Crippen LogP contribution is 2.31. The Labute approximate surface area is 111 Å². The highest BCUT2D eigenvalue weighted by Gasteiger charge is 2.08. The van der Waals surface area contributed by atoms with Gasteiger partial charge in [0, 0.05) is 0 Å². The Hall–Kier alpha value is -1.64. The zero-order chi connectivity index (χ0) is 12.3.